The molecule has 2 unspecified atom stereocenters. The zero-order valence-corrected chi connectivity index (χ0v) is 11.5. The fraction of sp³-hybridized carbons (Fsp3) is 0.500. The van der Waals surface area contributed by atoms with E-state index in [0.29, 0.717) is 13.1 Å². The van der Waals surface area contributed by atoms with Crippen molar-refractivity contribution in [2.24, 2.45) is 5.92 Å². The number of piperidine rings is 1. The normalized spacial score (nSPS) is 24.6. The molecule has 1 aromatic heterocycles. The molecule has 0 saturated carbocycles. The van der Waals surface area contributed by atoms with Gasteiger partial charge < -0.3 is 19.9 Å². The molecule has 2 aliphatic rings. The van der Waals surface area contributed by atoms with E-state index in [2.05, 4.69) is 5.32 Å². The summed E-state index contributed by atoms with van der Waals surface area (Å²) in [7, 11) is 0. The third-order valence-electron chi connectivity index (χ3n) is 4.28. The van der Waals surface area contributed by atoms with Crippen molar-refractivity contribution >= 4 is 17.8 Å². The number of carboxylic acid groups (broad SMARTS) is 1. The number of hydrogen-bond donors (Lipinski definition) is 2. The van der Waals surface area contributed by atoms with Crippen LogP contribution in [0.5, 0.6) is 0 Å². The SMILES string of the molecule is O=C(O)c1cccn1CC(=O)N1CCCC2C(=O)NCC21. The van der Waals surface area contributed by atoms with Gasteiger partial charge >= 0.3 is 5.97 Å². The maximum atomic E-state index is 12.5. The molecule has 21 heavy (non-hydrogen) atoms. The van der Waals surface area contributed by atoms with Gasteiger partial charge in [-0.15, -0.1) is 0 Å². The van der Waals surface area contributed by atoms with Gasteiger partial charge in [-0.2, -0.15) is 0 Å². The van der Waals surface area contributed by atoms with E-state index in [9.17, 15) is 14.4 Å². The van der Waals surface area contributed by atoms with Crippen LogP contribution in [0.15, 0.2) is 18.3 Å². The lowest BCUT2D eigenvalue weighted by Gasteiger charge is -2.36. The number of fused-ring (bicyclic) bond motifs is 1. The number of nitrogens with one attached hydrogen (secondary N) is 1. The zero-order valence-electron chi connectivity index (χ0n) is 11.5. The summed E-state index contributed by atoms with van der Waals surface area (Å²) in [5, 5.41) is 11.9. The number of likely N-dealkylation sites (tertiary alicyclic amines) is 1. The molecule has 0 spiro atoms. The van der Waals surface area contributed by atoms with Crippen LogP contribution in [0.2, 0.25) is 0 Å². The molecule has 2 amide bonds. The standard InChI is InChI=1S/C14H17N3O4/c18-12(8-16-5-2-4-10(16)14(20)21)17-6-1-3-9-11(17)7-15-13(9)19/h2,4-5,9,11H,1,3,6-8H2,(H,15,19)(H,20,21). The Morgan fingerprint density at radius 3 is 3.00 bits per heavy atom. The van der Waals surface area contributed by atoms with Crippen molar-refractivity contribution in [3.63, 3.8) is 0 Å². The van der Waals surface area contributed by atoms with E-state index >= 15 is 0 Å². The molecule has 7 nitrogen and oxygen atoms in total. The Morgan fingerprint density at radius 2 is 2.24 bits per heavy atom. The molecular weight excluding hydrogens is 274 g/mol. The second-order valence-electron chi connectivity index (χ2n) is 5.47. The molecule has 2 atom stereocenters. The number of nitrogens with zero attached hydrogens (tertiary/aromatic N) is 2. The minimum atomic E-state index is -1.05. The summed E-state index contributed by atoms with van der Waals surface area (Å²) < 4.78 is 1.43. The van der Waals surface area contributed by atoms with E-state index in [-0.39, 0.29) is 36.0 Å². The summed E-state index contributed by atoms with van der Waals surface area (Å²) in [5.41, 5.74) is 0.0949. The molecule has 0 bridgehead atoms. The van der Waals surface area contributed by atoms with Gasteiger partial charge in [-0.25, -0.2) is 4.79 Å². The molecule has 2 saturated heterocycles. The Kier molecular flexibility index (Phi) is 3.40. The number of hydrogen-bond acceptors (Lipinski definition) is 3. The summed E-state index contributed by atoms with van der Waals surface area (Å²) in [6.45, 7) is 1.11. The number of carboxylic acids is 1. The molecule has 0 aliphatic carbocycles. The Labute approximate surface area is 121 Å². The van der Waals surface area contributed by atoms with Crippen LogP contribution in [0.1, 0.15) is 23.3 Å². The fourth-order valence-electron chi connectivity index (χ4n) is 3.24. The number of carbonyl (C=O) groups excluding carboxylic acids is 2. The van der Waals surface area contributed by atoms with Crippen molar-refractivity contribution in [1.82, 2.24) is 14.8 Å². The van der Waals surface area contributed by atoms with E-state index in [1.54, 1.807) is 17.2 Å². The van der Waals surface area contributed by atoms with Gasteiger partial charge in [0.05, 0.1) is 12.0 Å². The highest BCUT2D eigenvalue weighted by atomic mass is 16.4. The van der Waals surface area contributed by atoms with Crippen molar-refractivity contribution in [3.05, 3.63) is 24.0 Å². The second kappa shape index (κ2) is 5.23. The van der Waals surface area contributed by atoms with Gasteiger partial charge in [-0.1, -0.05) is 0 Å². The highest BCUT2D eigenvalue weighted by molar-refractivity contribution is 5.87. The number of carbonyl (C=O) groups is 3. The lowest BCUT2D eigenvalue weighted by molar-refractivity contribution is -0.137. The number of aromatic carboxylic acids is 1. The predicted molar refractivity (Wildman–Crippen MR) is 72.6 cm³/mol. The third-order valence-corrected chi connectivity index (χ3v) is 4.28. The first kappa shape index (κ1) is 13.7. The van der Waals surface area contributed by atoms with Crippen molar-refractivity contribution in [1.29, 1.82) is 0 Å². The van der Waals surface area contributed by atoms with Gasteiger partial charge in [0, 0.05) is 19.3 Å². The molecule has 0 aromatic carbocycles. The first-order chi connectivity index (χ1) is 10.1. The molecule has 2 aliphatic heterocycles. The van der Waals surface area contributed by atoms with Crippen LogP contribution in [-0.4, -0.2) is 51.5 Å². The highest BCUT2D eigenvalue weighted by Gasteiger charge is 2.42. The van der Waals surface area contributed by atoms with Crippen molar-refractivity contribution in [2.75, 3.05) is 13.1 Å². The Morgan fingerprint density at radius 1 is 1.43 bits per heavy atom. The van der Waals surface area contributed by atoms with Gasteiger partial charge in [0.25, 0.3) is 0 Å². The number of aromatic nitrogens is 1. The Bertz CT molecular complexity index is 595. The van der Waals surface area contributed by atoms with Crippen LogP contribution < -0.4 is 5.32 Å². The monoisotopic (exact) mass is 291 g/mol. The van der Waals surface area contributed by atoms with E-state index < -0.39 is 5.97 Å². The predicted octanol–water partition coefficient (Wildman–Crippen LogP) is -0.0767. The molecule has 7 heteroatoms. The van der Waals surface area contributed by atoms with Crippen LogP contribution in [-0.2, 0) is 16.1 Å². The maximum absolute atomic E-state index is 12.5. The smallest absolute Gasteiger partial charge is 0.352 e. The summed E-state index contributed by atoms with van der Waals surface area (Å²) >= 11 is 0. The zero-order chi connectivity index (χ0) is 15.0. The summed E-state index contributed by atoms with van der Waals surface area (Å²) in [6.07, 6.45) is 3.20. The fourth-order valence-corrected chi connectivity index (χ4v) is 3.24. The van der Waals surface area contributed by atoms with Gasteiger partial charge in [-0.3, -0.25) is 9.59 Å². The van der Waals surface area contributed by atoms with Gasteiger partial charge in [0.15, 0.2) is 0 Å². The maximum Gasteiger partial charge on any atom is 0.352 e. The van der Waals surface area contributed by atoms with Crippen LogP contribution in [0.3, 0.4) is 0 Å². The average Bonchev–Trinajstić information content (AvgIpc) is 3.06. The van der Waals surface area contributed by atoms with Gasteiger partial charge in [0.1, 0.15) is 12.2 Å². The van der Waals surface area contributed by atoms with E-state index in [0.717, 1.165) is 12.8 Å². The molecule has 0 radical (unpaired) electrons. The minimum Gasteiger partial charge on any atom is -0.477 e. The highest BCUT2D eigenvalue weighted by Crippen LogP contribution is 2.27. The van der Waals surface area contributed by atoms with Crippen LogP contribution in [0, 0.1) is 5.92 Å². The second-order valence-corrected chi connectivity index (χ2v) is 5.47. The molecular formula is C14H17N3O4. The van der Waals surface area contributed by atoms with E-state index in [1.165, 1.54) is 10.6 Å². The van der Waals surface area contributed by atoms with Crippen molar-refractivity contribution in [3.8, 4) is 0 Å². The van der Waals surface area contributed by atoms with Crippen molar-refractivity contribution in [2.45, 2.75) is 25.4 Å². The minimum absolute atomic E-state index is 0.00789. The molecule has 112 valence electrons. The number of rotatable bonds is 3. The Hall–Kier alpha value is -2.31. The summed E-state index contributed by atoms with van der Waals surface area (Å²) in [6, 6.07) is 2.98. The average molecular weight is 291 g/mol. The molecule has 3 heterocycles. The molecule has 1 aromatic rings. The van der Waals surface area contributed by atoms with Gasteiger partial charge in [-0.05, 0) is 25.0 Å². The lowest BCUT2D eigenvalue weighted by Crippen LogP contribution is -2.49. The largest absolute Gasteiger partial charge is 0.477 e. The van der Waals surface area contributed by atoms with E-state index in [1.807, 2.05) is 0 Å². The van der Waals surface area contributed by atoms with Crippen LogP contribution in [0.25, 0.3) is 0 Å². The molecule has 2 fully saturated rings. The van der Waals surface area contributed by atoms with Gasteiger partial charge in [0.2, 0.25) is 11.8 Å². The van der Waals surface area contributed by atoms with Crippen LogP contribution >= 0.6 is 0 Å². The van der Waals surface area contributed by atoms with E-state index in [4.69, 9.17) is 5.11 Å². The topological polar surface area (TPSA) is 91.6 Å². The molecule has 3 rings (SSSR count). The van der Waals surface area contributed by atoms with Crippen LogP contribution in [0.4, 0.5) is 0 Å². The third kappa shape index (κ3) is 2.39. The summed E-state index contributed by atoms with van der Waals surface area (Å²) in [5.74, 6) is -1.29. The van der Waals surface area contributed by atoms with Crippen molar-refractivity contribution < 1.29 is 19.5 Å². The summed E-state index contributed by atoms with van der Waals surface area (Å²) in [4.78, 5) is 37.0. The quantitative estimate of drug-likeness (QED) is 0.815. The first-order valence-corrected chi connectivity index (χ1v) is 7.03. The Balaban J connectivity index is 1.74. The lowest BCUT2D eigenvalue weighted by atomic mass is 9.91. The molecule has 2 N–H and O–H groups in total. The first-order valence-electron chi connectivity index (χ1n) is 7.03. The number of amides is 2.